The maximum absolute atomic E-state index is 13.3. The van der Waals surface area contributed by atoms with Gasteiger partial charge in [0.25, 0.3) is 0 Å². The summed E-state index contributed by atoms with van der Waals surface area (Å²) in [7, 11) is -1.25. The van der Waals surface area contributed by atoms with Crippen molar-refractivity contribution in [3.05, 3.63) is 132 Å². The summed E-state index contributed by atoms with van der Waals surface area (Å²) in [5.41, 5.74) is 4.26. The number of hydrogen-bond acceptors (Lipinski definition) is 1. The summed E-state index contributed by atoms with van der Waals surface area (Å²) in [5.74, 6) is 0. The Morgan fingerprint density at radius 3 is 1.82 bits per heavy atom. The predicted molar refractivity (Wildman–Crippen MR) is 117 cm³/mol. The van der Waals surface area contributed by atoms with E-state index >= 15 is 0 Å². The maximum Gasteiger partial charge on any atom is 0.0855 e. The third-order valence-electron chi connectivity index (χ3n) is 4.53. The molecule has 4 aromatic carbocycles. The van der Waals surface area contributed by atoms with Gasteiger partial charge < -0.3 is 0 Å². The monoisotopic (exact) mass is 380 g/mol. The smallest absolute Gasteiger partial charge is 0.0855 e. The average molecular weight is 381 g/mol. The molecular weight excluding hydrogens is 360 g/mol. The van der Waals surface area contributed by atoms with Gasteiger partial charge in [0.1, 0.15) is 0 Å². The highest BCUT2D eigenvalue weighted by molar-refractivity contribution is 7.85. The highest BCUT2D eigenvalue weighted by atomic mass is 32.2. The van der Waals surface area contributed by atoms with Crippen LogP contribution in [-0.4, -0.2) is 4.21 Å². The van der Waals surface area contributed by atoms with Crippen LogP contribution >= 0.6 is 0 Å². The quantitative estimate of drug-likeness (QED) is 0.364. The fraction of sp³-hybridized carbons (Fsp3) is 0. The van der Waals surface area contributed by atoms with E-state index in [2.05, 4.69) is 36.4 Å². The molecule has 0 spiro atoms. The lowest BCUT2D eigenvalue weighted by atomic mass is 9.95. The van der Waals surface area contributed by atoms with Crippen molar-refractivity contribution < 1.29 is 4.21 Å². The first-order chi connectivity index (χ1) is 13.8. The van der Waals surface area contributed by atoms with Crippen LogP contribution in [-0.2, 0) is 10.8 Å². The number of benzene rings is 4. The molecule has 0 radical (unpaired) electrons. The molecule has 1 unspecified atom stereocenters. The molecule has 4 aromatic rings. The van der Waals surface area contributed by atoms with E-state index in [9.17, 15) is 4.21 Å². The normalized spacial score (nSPS) is 12.5. The van der Waals surface area contributed by atoms with E-state index in [1.165, 1.54) is 0 Å². The SMILES string of the molecule is O=S(c1ccccc1)c1ccccc1/C(=C/c1ccccc1)c1ccccc1. The lowest BCUT2D eigenvalue weighted by molar-refractivity contribution is 0.683. The first-order valence-electron chi connectivity index (χ1n) is 9.21. The van der Waals surface area contributed by atoms with Crippen LogP contribution in [0, 0.1) is 0 Å². The average Bonchev–Trinajstić information content (AvgIpc) is 2.79. The van der Waals surface area contributed by atoms with E-state index in [1.807, 2.05) is 84.9 Å². The zero-order chi connectivity index (χ0) is 19.2. The third kappa shape index (κ3) is 4.03. The van der Waals surface area contributed by atoms with Gasteiger partial charge in [-0.15, -0.1) is 0 Å². The Morgan fingerprint density at radius 2 is 1.14 bits per heavy atom. The molecule has 0 aliphatic heterocycles. The largest absolute Gasteiger partial charge is 0.249 e. The van der Waals surface area contributed by atoms with E-state index in [0.717, 1.165) is 32.1 Å². The molecule has 2 heteroatoms. The Kier molecular flexibility index (Phi) is 5.60. The highest BCUT2D eigenvalue weighted by Crippen LogP contribution is 2.32. The minimum atomic E-state index is -1.25. The summed E-state index contributed by atoms with van der Waals surface area (Å²) in [4.78, 5) is 1.63. The first kappa shape index (κ1) is 18.1. The van der Waals surface area contributed by atoms with E-state index in [0.29, 0.717) is 0 Å². The standard InChI is InChI=1S/C26H20OS/c27-28(23-16-8-3-9-17-23)26-19-11-10-18-24(26)25(22-14-6-2-7-15-22)20-21-12-4-1-5-13-21/h1-20H/b25-20+. The van der Waals surface area contributed by atoms with Gasteiger partial charge in [0.2, 0.25) is 0 Å². The summed E-state index contributed by atoms with van der Waals surface area (Å²) in [6.45, 7) is 0. The van der Waals surface area contributed by atoms with Crippen LogP contribution in [0.2, 0.25) is 0 Å². The fourth-order valence-electron chi connectivity index (χ4n) is 3.17. The molecule has 1 nitrogen and oxygen atoms in total. The minimum Gasteiger partial charge on any atom is -0.249 e. The summed E-state index contributed by atoms with van der Waals surface area (Å²) in [5, 5.41) is 0. The van der Waals surface area contributed by atoms with Crippen LogP contribution in [0.3, 0.4) is 0 Å². The zero-order valence-corrected chi connectivity index (χ0v) is 16.2. The van der Waals surface area contributed by atoms with Gasteiger partial charge in [-0.25, -0.2) is 4.21 Å². The Labute approximate surface area is 168 Å². The van der Waals surface area contributed by atoms with E-state index in [1.54, 1.807) is 0 Å². The van der Waals surface area contributed by atoms with Crippen molar-refractivity contribution >= 4 is 22.4 Å². The van der Waals surface area contributed by atoms with Crippen molar-refractivity contribution in [2.24, 2.45) is 0 Å². The predicted octanol–water partition coefficient (Wildman–Crippen LogP) is 6.44. The van der Waals surface area contributed by atoms with Gasteiger partial charge in [-0.2, -0.15) is 0 Å². The van der Waals surface area contributed by atoms with Crippen molar-refractivity contribution in [3.8, 4) is 0 Å². The summed E-state index contributed by atoms with van der Waals surface area (Å²) in [6, 6.07) is 38.1. The summed E-state index contributed by atoms with van der Waals surface area (Å²) >= 11 is 0. The van der Waals surface area contributed by atoms with Crippen LogP contribution in [0.4, 0.5) is 0 Å². The van der Waals surface area contributed by atoms with Crippen LogP contribution in [0.15, 0.2) is 125 Å². The maximum atomic E-state index is 13.3. The molecule has 0 fully saturated rings. The first-order valence-corrected chi connectivity index (χ1v) is 10.4. The highest BCUT2D eigenvalue weighted by Gasteiger charge is 2.15. The van der Waals surface area contributed by atoms with Crippen LogP contribution < -0.4 is 0 Å². The molecule has 0 amide bonds. The van der Waals surface area contributed by atoms with Crippen LogP contribution in [0.5, 0.6) is 0 Å². The molecule has 136 valence electrons. The van der Waals surface area contributed by atoms with Crippen LogP contribution in [0.1, 0.15) is 16.7 Å². The Hall–Kier alpha value is -3.23. The van der Waals surface area contributed by atoms with Crippen molar-refractivity contribution in [1.82, 2.24) is 0 Å². The van der Waals surface area contributed by atoms with Gasteiger partial charge in [-0.1, -0.05) is 97.1 Å². The van der Waals surface area contributed by atoms with E-state index in [-0.39, 0.29) is 0 Å². The van der Waals surface area contributed by atoms with Crippen molar-refractivity contribution in [1.29, 1.82) is 0 Å². The van der Waals surface area contributed by atoms with Gasteiger partial charge >= 0.3 is 0 Å². The topological polar surface area (TPSA) is 17.1 Å². The molecule has 28 heavy (non-hydrogen) atoms. The molecule has 0 saturated heterocycles. The zero-order valence-electron chi connectivity index (χ0n) is 15.4. The van der Waals surface area contributed by atoms with Crippen LogP contribution in [0.25, 0.3) is 11.6 Å². The van der Waals surface area contributed by atoms with Crippen molar-refractivity contribution in [2.75, 3.05) is 0 Å². The molecule has 0 aliphatic rings. The molecule has 0 N–H and O–H groups in total. The second-order valence-electron chi connectivity index (χ2n) is 6.41. The molecule has 0 saturated carbocycles. The molecular formula is C26H20OS. The molecule has 1 atom stereocenters. The lowest BCUT2D eigenvalue weighted by Crippen LogP contribution is -1.99. The van der Waals surface area contributed by atoms with Gasteiger partial charge in [-0.05, 0) is 46.5 Å². The molecule has 0 aromatic heterocycles. The van der Waals surface area contributed by atoms with Crippen molar-refractivity contribution in [3.63, 3.8) is 0 Å². The van der Waals surface area contributed by atoms with Crippen molar-refractivity contribution in [2.45, 2.75) is 9.79 Å². The number of rotatable bonds is 5. The molecule has 0 aliphatic carbocycles. The summed E-state index contributed by atoms with van der Waals surface area (Å²) in [6.07, 6.45) is 2.16. The Balaban J connectivity index is 1.89. The van der Waals surface area contributed by atoms with E-state index in [4.69, 9.17) is 0 Å². The summed E-state index contributed by atoms with van der Waals surface area (Å²) < 4.78 is 13.3. The molecule has 4 rings (SSSR count). The minimum absolute atomic E-state index is 0.807. The Morgan fingerprint density at radius 1 is 0.607 bits per heavy atom. The van der Waals surface area contributed by atoms with E-state index < -0.39 is 10.8 Å². The second-order valence-corrected chi connectivity index (χ2v) is 7.86. The number of hydrogen-bond donors (Lipinski definition) is 0. The molecule has 0 heterocycles. The lowest BCUT2D eigenvalue weighted by Gasteiger charge is -2.14. The Bertz CT molecular complexity index is 1100. The fourth-order valence-corrected chi connectivity index (χ4v) is 4.41. The molecule has 0 bridgehead atoms. The van der Waals surface area contributed by atoms with Gasteiger partial charge in [0.05, 0.1) is 15.7 Å². The second kappa shape index (κ2) is 8.64. The van der Waals surface area contributed by atoms with Gasteiger partial charge in [0.15, 0.2) is 0 Å². The third-order valence-corrected chi connectivity index (χ3v) is 5.99. The van der Waals surface area contributed by atoms with Gasteiger partial charge in [0, 0.05) is 4.90 Å². The van der Waals surface area contributed by atoms with Gasteiger partial charge in [-0.3, -0.25) is 0 Å².